The van der Waals surface area contributed by atoms with E-state index in [4.69, 9.17) is 0 Å². The van der Waals surface area contributed by atoms with Crippen LogP contribution in [0.2, 0.25) is 0 Å². The van der Waals surface area contributed by atoms with Gasteiger partial charge >= 0.3 is 0 Å². The highest BCUT2D eigenvalue weighted by molar-refractivity contribution is 6.03. The minimum Gasteiger partial charge on any atom is -0.370 e. The highest BCUT2D eigenvalue weighted by atomic mass is 19.1. The summed E-state index contributed by atoms with van der Waals surface area (Å²) in [4.78, 5) is 14.6. The standard InChI is InChI=1S/C21H23FN2O/c22-18-9-7-8-17(16-18)12-13-21(25)23-19-10-3-4-11-20(19)24-14-5-1-2-6-15-24/h3-4,7-13,16H,1-2,5-6,14-15H2,(H,23,25)/b13-12+. The van der Waals surface area contributed by atoms with Crippen molar-refractivity contribution in [3.8, 4) is 0 Å². The number of rotatable bonds is 4. The van der Waals surface area contributed by atoms with Crippen LogP contribution in [0.3, 0.4) is 0 Å². The predicted octanol–water partition coefficient (Wildman–Crippen LogP) is 4.86. The Kier molecular flexibility index (Phi) is 5.83. The van der Waals surface area contributed by atoms with Crippen LogP contribution >= 0.6 is 0 Å². The van der Waals surface area contributed by atoms with Gasteiger partial charge in [-0.3, -0.25) is 4.79 Å². The molecule has 0 atom stereocenters. The molecule has 2 aromatic rings. The summed E-state index contributed by atoms with van der Waals surface area (Å²) in [6, 6.07) is 14.1. The summed E-state index contributed by atoms with van der Waals surface area (Å²) in [6.07, 6.45) is 7.95. The molecule has 1 fully saturated rings. The van der Waals surface area contributed by atoms with Gasteiger partial charge in [0, 0.05) is 19.2 Å². The minimum absolute atomic E-state index is 0.216. The molecule has 1 amide bonds. The maximum atomic E-state index is 13.2. The number of carbonyl (C=O) groups excluding carboxylic acids is 1. The molecular formula is C21H23FN2O. The molecule has 4 heteroatoms. The van der Waals surface area contributed by atoms with E-state index in [0.29, 0.717) is 5.56 Å². The summed E-state index contributed by atoms with van der Waals surface area (Å²) in [6.45, 7) is 2.04. The van der Waals surface area contributed by atoms with Gasteiger partial charge in [0.25, 0.3) is 0 Å². The summed E-state index contributed by atoms with van der Waals surface area (Å²) < 4.78 is 13.2. The smallest absolute Gasteiger partial charge is 0.248 e. The fourth-order valence-electron chi connectivity index (χ4n) is 3.12. The van der Waals surface area contributed by atoms with Crippen LogP contribution in [0.4, 0.5) is 15.8 Å². The molecule has 1 saturated heterocycles. The molecule has 1 N–H and O–H groups in total. The fourth-order valence-corrected chi connectivity index (χ4v) is 3.12. The maximum Gasteiger partial charge on any atom is 0.248 e. The molecular weight excluding hydrogens is 315 g/mol. The fraction of sp³-hybridized carbons (Fsp3) is 0.286. The number of hydrogen-bond acceptors (Lipinski definition) is 2. The van der Waals surface area contributed by atoms with Crippen LogP contribution in [0.5, 0.6) is 0 Å². The second-order valence-corrected chi connectivity index (χ2v) is 6.30. The van der Waals surface area contributed by atoms with E-state index in [0.717, 1.165) is 24.5 Å². The van der Waals surface area contributed by atoms with Crippen molar-refractivity contribution in [3.63, 3.8) is 0 Å². The lowest BCUT2D eigenvalue weighted by Gasteiger charge is -2.25. The Morgan fingerprint density at radius 3 is 2.52 bits per heavy atom. The molecule has 130 valence electrons. The van der Waals surface area contributed by atoms with E-state index in [1.165, 1.54) is 43.9 Å². The number of hydrogen-bond donors (Lipinski definition) is 1. The zero-order valence-corrected chi connectivity index (χ0v) is 14.2. The number of para-hydroxylation sites is 2. The number of carbonyl (C=O) groups is 1. The van der Waals surface area contributed by atoms with Gasteiger partial charge < -0.3 is 10.2 Å². The first kappa shape index (κ1) is 17.2. The zero-order valence-electron chi connectivity index (χ0n) is 14.2. The lowest BCUT2D eigenvalue weighted by molar-refractivity contribution is -0.111. The summed E-state index contributed by atoms with van der Waals surface area (Å²) in [7, 11) is 0. The molecule has 0 bridgehead atoms. The Hall–Kier alpha value is -2.62. The quantitative estimate of drug-likeness (QED) is 0.808. The summed E-state index contributed by atoms with van der Waals surface area (Å²) in [5, 5.41) is 2.95. The molecule has 0 radical (unpaired) electrons. The van der Waals surface area contributed by atoms with Crippen LogP contribution < -0.4 is 10.2 Å². The van der Waals surface area contributed by atoms with Crippen molar-refractivity contribution in [1.82, 2.24) is 0 Å². The Morgan fingerprint density at radius 2 is 1.76 bits per heavy atom. The van der Waals surface area contributed by atoms with E-state index in [1.807, 2.05) is 18.2 Å². The molecule has 1 heterocycles. The zero-order chi connectivity index (χ0) is 17.5. The van der Waals surface area contributed by atoms with Gasteiger partial charge in [0.05, 0.1) is 11.4 Å². The van der Waals surface area contributed by atoms with Crippen molar-refractivity contribution in [2.24, 2.45) is 0 Å². The SMILES string of the molecule is O=C(/C=C/c1cccc(F)c1)Nc1ccccc1N1CCCCCC1. The molecule has 0 aromatic heterocycles. The van der Waals surface area contributed by atoms with Gasteiger partial charge in [0.1, 0.15) is 5.82 Å². The van der Waals surface area contributed by atoms with Crippen LogP contribution in [0.25, 0.3) is 6.08 Å². The summed E-state index contributed by atoms with van der Waals surface area (Å²) in [5.74, 6) is -0.527. The van der Waals surface area contributed by atoms with E-state index in [1.54, 1.807) is 18.2 Å². The average Bonchev–Trinajstić information content (AvgIpc) is 2.90. The third-order valence-electron chi connectivity index (χ3n) is 4.38. The summed E-state index contributed by atoms with van der Waals surface area (Å²) >= 11 is 0. The molecule has 0 spiro atoms. The number of halogens is 1. The van der Waals surface area contributed by atoms with E-state index in [-0.39, 0.29) is 11.7 Å². The Morgan fingerprint density at radius 1 is 1.00 bits per heavy atom. The lowest BCUT2D eigenvalue weighted by atomic mass is 10.2. The second-order valence-electron chi connectivity index (χ2n) is 6.30. The van der Waals surface area contributed by atoms with Gasteiger partial charge in [0.2, 0.25) is 5.91 Å². The molecule has 0 aliphatic carbocycles. The molecule has 3 rings (SSSR count). The van der Waals surface area contributed by atoms with E-state index >= 15 is 0 Å². The van der Waals surface area contributed by atoms with Crippen molar-refractivity contribution < 1.29 is 9.18 Å². The van der Waals surface area contributed by atoms with Gasteiger partial charge in [-0.25, -0.2) is 4.39 Å². The summed E-state index contributed by atoms with van der Waals surface area (Å²) in [5.41, 5.74) is 2.55. The predicted molar refractivity (Wildman–Crippen MR) is 101 cm³/mol. The first-order valence-corrected chi connectivity index (χ1v) is 8.81. The lowest BCUT2D eigenvalue weighted by Crippen LogP contribution is -2.25. The number of anilines is 2. The third kappa shape index (κ3) is 4.92. The van der Waals surface area contributed by atoms with Gasteiger partial charge in [-0.1, -0.05) is 37.1 Å². The van der Waals surface area contributed by atoms with Crippen LogP contribution in [-0.4, -0.2) is 19.0 Å². The average molecular weight is 338 g/mol. The van der Waals surface area contributed by atoms with E-state index in [2.05, 4.69) is 16.3 Å². The van der Waals surface area contributed by atoms with Crippen molar-refractivity contribution >= 4 is 23.4 Å². The first-order valence-electron chi connectivity index (χ1n) is 8.81. The van der Waals surface area contributed by atoms with Gasteiger partial charge in [-0.2, -0.15) is 0 Å². The topological polar surface area (TPSA) is 32.3 Å². The molecule has 25 heavy (non-hydrogen) atoms. The second kappa shape index (κ2) is 8.47. The largest absolute Gasteiger partial charge is 0.370 e. The Labute approximate surface area is 148 Å². The molecule has 0 unspecified atom stereocenters. The van der Waals surface area contributed by atoms with Crippen molar-refractivity contribution in [2.75, 3.05) is 23.3 Å². The molecule has 1 aliphatic rings. The van der Waals surface area contributed by atoms with Crippen LogP contribution in [-0.2, 0) is 4.79 Å². The maximum absolute atomic E-state index is 13.2. The highest BCUT2D eigenvalue weighted by Gasteiger charge is 2.14. The van der Waals surface area contributed by atoms with Gasteiger partial charge in [-0.15, -0.1) is 0 Å². The molecule has 2 aromatic carbocycles. The monoisotopic (exact) mass is 338 g/mol. The third-order valence-corrected chi connectivity index (χ3v) is 4.38. The Bertz CT molecular complexity index is 749. The molecule has 1 aliphatic heterocycles. The normalized spacial score (nSPS) is 15.2. The number of amides is 1. The Balaban J connectivity index is 1.70. The molecule has 3 nitrogen and oxygen atoms in total. The molecule has 0 saturated carbocycles. The van der Waals surface area contributed by atoms with Crippen LogP contribution in [0.1, 0.15) is 31.2 Å². The number of nitrogens with zero attached hydrogens (tertiary/aromatic N) is 1. The van der Waals surface area contributed by atoms with Crippen LogP contribution in [0, 0.1) is 5.82 Å². The van der Waals surface area contributed by atoms with Crippen molar-refractivity contribution in [1.29, 1.82) is 0 Å². The number of benzene rings is 2. The van der Waals surface area contributed by atoms with Crippen molar-refractivity contribution in [3.05, 3.63) is 66.0 Å². The van der Waals surface area contributed by atoms with Crippen LogP contribution in [0.15, 0.2) is 54.6 Å². The van der Waals surface area contributed by atoms with E-state index in [9.17, 15) is 9.18 Å². The van der Waals surface area contributed by atoms with Gasteiger partial charge in [0.15, 0.2) is 0 Å². The van der Waals surface area contributed by atoms with Crippen molar-refractivity contribution in [2.45, 2.75) is 25.7 Å². The van der Waals surface area contributed by atoms with Gasteiger partial charge in [-0.05, 0) is 48.7 Å². The highest BCUT2D eigenvalue weighted by Crippen LogP contribution is 2.28. The minimum atomic E-state index is -0.311. The van der Waals surface area contributed by atoms with E-state index < -0.39 is 0 Å². The number of nitrogens with one attached hydrogen (secondary N) is 1. The first-order chi connectivity index (χ1) is 12.2.